The topological polar surface area (TPSA) is 26.0 Å². The summed E-state index contributed by atoms with van der Waals surface area (Å²) in [6, 6.07) is 1.98. The third-order valence-corrected chi connectivity index (χ3v) is 5.58. The molecule has 1 saturated carbocycles. The zero-order chi connectivity index (χ0) is 12.7. The molecule has 0 radical (unpaired) electrons. The largest absolute Gasteiger partial charge is 0.320 e. The van der Waals surface area contributed by atoms with Gasteiger partial charge in [0.2, 0.25) is 0 Å². The van der Waals surface area contributed by atoms with Crippen molar-refractivity contribution in [1.82, 2.24) is 0 Å². The first-order valence-corrected chi connectivity index (χ1v) is 7.64. The molecule has 0 amide bonds. The molecule has 2 rings (SSSR count). The second-order valence-electron chi connectivity index (χ2n) is 6.30. The average molecular weight is 272 g/mol. The van der Waals surface area contributed by atoms with Gasteiger partial charge in [0.1, 0.15) is 0 Å². The predicted molar refractivity (Wildman–Crippen MR) is 76.6 cm³/mol. The molecule has 1 aromatic rings. The summed E-state index contributed by atoms with van der Waals surface area (Å²) < 4.78 is 0. The molecule has 1 fully saturated rings. The van der Waals surface area contributed by atoms with E-state index in [1.807, 2.05) is 6.07 Å². The maximum absolute atomic E-state index is 6.78. The van der Waals surface area contributed by atoms with Crippen LogP contribution in [0.3, 0.4) is 0 Å². The molecule has 3 heteroatoms. The van der Waals surface area contributed by atoms with Crippen LogP contribution in [0.4, 0.5) is 0 Å². The van der Waals surface area contributed by atoms with Gasteiger partial charge >= 0.3 is 0 Å². The molecule has 0 aromatic carbocycles. The number of thiophene rings is 1. The first kappa shape index (κ1) is 13.4. The smallest absolute Gasteiger partial charge is 0.0564 e. The van der Waals surface area contributed by atoms with Crippen molar-refractivity contribution in [2.75, 3.05) is 0 Å². The third-order valence-electron chi connectivity index (χ3n) is 4.04. The zero-order valence-electron chi connectivity index (χ0n) is 10.9. The van der Waals surface area contributed by atoms with Crippen LogP contribution in [0.2, 0.25) is 5.02 Å². The average Bonchev–Trinajstić information content (AvgIpc) is 2.64. The first-order chi connectivity index (χ1) is 7.86. The minimum absolute atomic E-state index is 0.220. The van der Waals surface area contributed by atoms with Crippen LogP contribution in [0, 0.1) is 11.3 Å². The summed E-state index contributed by atoms with van der Waals surface area (Å²) in [5.41, 5.74) is 6.80. The summed E-state index contributed by atoms with van der Waals surface area (Å²) in [6.45, 7) is 6.89. The number of hydrogen-bond donors (Lipinski definition) is 1. The van der Waals surface area contributed by atoms with E-state index in [9.17, 15) is 0 Å². The van der Waals surface area contributed by atoms with E-state index >= 15 is 0 Å². The maximum Gasteiger partial charge on any atom is 0.0564 e. The monoisotopic (exact) mass is 271 g/mol. The van der Waals surface area contributed by atoms with E-state index in [4.69, 9.17) is 17.3 Å². The summed E-state index contributed by atoms with van der Waals surface area (Å²) in [5.74, 6) is 0.514. The van der Waals surface area contributed by atoms with Crippen molar-refractivity contribution < 1.29 is 0 Å². The Morgan fingerprint density at radius 2 is 2.12 bits per heavy atom. The Labute approximate surface area is 113 Å². The van der Waals surface area contributed by atoms with Crippen LogP contribution in [0.15, 0.2) is 11.4 Å². The standard InChI is InChI=1S/C14H22ClNS/c1-13(2,3)11-6-4-5-8-14(11,16)12-10(15)7-9-17-12/h7,9,11H,4-6,8,16H2,1-3H3. The van der Waals surface area contributed by atoms with Crippen molar-refractivity contribution in [3.8, 4) is 0 Å². The molecule has 1 aliphatic rings. The van der Waals surface area contributed by atoms with Crippen molar-refractivity contribution in [2.24, 2.45) is 17.1 Å². The summed E-state index contributed by atoms with van der Waals surface area (Å²) in [6.07, 6.45) is 4.80. The van der Waals surface area contributed by atoms with Gasteiger partial charge in [-0.1, -0.05) is 45.2 Å². The molecule has 2 atom stereocenters. The molecule has 0 bridgehead atoms. The number of hydrogen-bond acceptors (Lipinski definition) is 2. The van der Waals surface area contributed by atoms with Crippen LogP contribution in [0.5, 0.6) is 0 Å². The molecule has 96 valence electrons. The highest BCUT2D eigenvalue weighted by molar-refractivity contribution is 7.10. The van der Waals surface area contributed by atoms with Gasteiger partial charge in [0.05, 0.1) is 10.6 Å². The van der Waals surface area contributed by atoms with Crippen molar-refractivity contribution in [1.29, 1.82) is 0 Å². The summed E-state index contributed by atoms with van der Waals surface area (Å²) in [7, 11) is 0. The van der Waals surface area contributed by atoms with Crippen molar-refractivity contribution in [2.45, 2.75) is 52.0 Å². The molecule has 1 nitrogen and oxygen atoms in total. The second-order valence-corrected chi connectivity index (χ2v) is 7.63. The van der Waals surface area contributed by atoms with Gasteiger partial charge in [0.25, 0.3) is 0 Å². The van der Waals surface area contributed by atoms with Crippen LogP contribution in [-0.4, -0.2) is 0 Å². The van der Waals surface area contributed by atoms with E-state index in [0.717, 1.165) is 11.4 Å². The molecule has 17 heavy (non-hydrogen) atoms. The van der Waals surface area contributed by atoms with Gasteiger partial charge in [-0.25, -0.2) is 0 Å². The van der Waals surface area contributed by atoms with Crippen LogP contribution < -0.4 is 5.73 Å². The van der Waals surface area contributed by atoms with Gasteiger partial charge in [-0.05, 0) is 35.6 Å². The van der Waals surface area contributed by atoms with Crippen molar-refractivity contribution in [3.63, 3.8) is 0 Å². The Morgan fingerprint density at radius 1 is 1.41 bits per heavy atom. The summed E-state index contributed by atoms with van der Waals surface area (Å²) in [5, 5.41) is 2.91. The van der Waals surface area contributed by atoms with Crippen LogP contribution >= 0.6 is 22.9 Å². The highest BCUT2D eigenvalue weighted by Crippen LogP contribution is 2.50. The molecule has 2 unspecified atom stereocenters. The number of nitrogens with two attached hydrogens (primary N) is 1. The lowest BCUT2D eigenvalue weighted by molar-refractivity contribution is 0.0803. The van der Waals surface area contributed by atoms with Gasteiger partial charge in [-0.3, -0.25) is 0 Å². The Hall–Kier alpha value is -0.0500. The molecule has 1 heterocycles. The quantitative estimate of drug-likeness (QED) is 0.781. The fourth-order valence-electron chi connectivity index (χ4n) is 3.30. The van der Waals surface area contributed by atoms with E-state index in [1.54, 1.807) is 11.3 Å². The Morgan fingerprint density at radius 3 is 2.65 bits per heavy atom. The molecular formula is C14H22ClNS. The zero-order valence-corrected chi connectivity index (χ0v) is 12.5. The van der Waals surface area contributed by atoms with E-state index in [1.165, 1.54) is 24.1 Å². The Bertz CT molecular complexity index is 393. The molecular weight excluding hydrogens is 250 g/mol. The summed E-state index contributed by atoms with van der Waals surface area (Å²) in [4.78, 5) is 1.19. The van der Waals surface area contributed by atoms with Gasteiger partial charge in [-0.15, -0.1) is 11.3 Å². The van der Waals surface area contributed by atoms with Crippen LogP contribution in [-0.2, 0) is 5.54 Å². The summed E-state index contributed by atoms with van der Waals surface area (Å²) >= 11 is 8.03. The minimum atomic E-state index is -0.220. The molecule has 0 spiro atoms. The third kappa shape index (κ3) is 2.40. The number of halogens is 1. The lowest BCUT2D eigenvalue weighted by atomic mass is 9.62. The van der Waals surface area contributed by atoms with E-state index < -0.39 is 0 Å². The minimum Gasteiger partial charge on any atom is -0.320 e. The highest BCUT2D eigenvalue weighted by atomic mass is 35.5. The molecule has 1 aromatic heterocycles. The SMILES string of the molecule is CC(C)(C)C1CCCCC1(N)c1sccc1Cl. The van der Waals surface area contributed by atoms with Crippen LogP contribution in [0.1, 0.15) is 51.3 Å². The Kier molecular flexibility index (Phi) is 3.59. The fourth-order valence-corrected chi connectivity index (χ4v) is 4.73. The first-order valence-electron chi connectivity index (χ1n) is 6.38. The Balaban J connectivity index is 2.42. The molecule has 0 saturated heterocycles. The van der Waals surface area contributed by atoms with E-state index in [0.29, 0.717) is 5.92 Å². The van der Waals surface area contributed by atoms with E-state index in [-0.39, 0.29) is 11.0 Å². The number of rotatable bonds is 1. The lowest BCUT2D eigenvalue weighted by Gasteiger charge is -2.47. The van der Waals surface area contributed by atoms with Gasteiger partial charge < -0.3 is 5.73 Å². The van der Waals surface area contributed by atoms with Crippen molar-refractivity contribution in [3.05, 3.63) is 21.3 Å². The second kappa shape index (κ2) is 4.56. The predicted octanol–water partition coefficient (Wildman–Crippen LogP) is 4.79. The maximum atomic E-state index is 6.78. The molecule has 2 N–H and O–H groups in total. The highest BCUT2D eigenvalue weighted by Gasteiger charge is 2.46. The van der Waals surface area contributed by atoms with Crippen molar-refractivity contribution >= 4 is 22.9 Å². The molecule has 0 aliphatic heterocycles. The van der Waals surface area contributed by atoms with Gasteiger partial charge in [0, 0.05) is 4.88 Å². The molecule has 1 aliphatic carbocycles. The van der Waals surface area contributed by atoms with E-state index in [2.05, 4.69) is 26.2 Å². The fraction of sp³-hybridized carbons (Fsp3) is 0.714. The van der Waals surface area contributed by atoms with Gasteiger partial charge in [-0.2, -0.15) is 0 Å². The lowest BCUT2D eigenvalue weighted by Crippen LogP contribution is -2.50. The normalized spacial score (nSPS) is 30.5. The van der Waals surface area contributed by atoms with Crippen LogP contribution in [0.25, 0.3) is 0 Å². The van der Waals surface area contributed by atoms with Gasteiger partial charge in [0.15, 0.2) is 0 Å².